The van der Waals surface area contributed by atoms with Crippen molar-refractivity contribution in [2.24, 2.45) is 0 Å². The largest absolute Gasteiger partial charge is 0.274 e. The number of aryl methyl sites for hydroxylation is 2. The molecule has 0 bridgehead atoms. The highest BCUT2D eigenvalue weighted by atomic mass is 32.1. The number of fused-ring (bicyclic) bond motifs is 1. The van der Waals surface area contributed by atoms with E-state index in [0.717, 1.165) is 24.5 Å². The van der Waals surface area contributed by atoms with Crippen LogP contribution in [0.5, 0.6) is 0 Å². The van der Waals surface area contributed by atoms with Crippen molar-refractivity contribution in [2.75, 3.05) is 0 Å². The summed E-state index contributed by atoms with van der Waals surface area (Å²) in [4.78, 5) is 1.47. The van der Waals surface area contributed by atoms with Crippen molar-refractivity contribution in [3.63, 3.8) is 0 Å². The lowest BCUT2D eigenvalue weighted by atomic mass is 10.3. The van der Waals surface area contributed by atoms with Crippen molar-refractivity contribution in [3.05, 3.63) is 28.2 Å². The SMILES string of the molecule is Cc1nnc(C)n1-c1cc2c(s1)C[C@@H](S)C2. The average Bonchev–Trinajstić information content (AvgIpc) is 2.79. The summed E-state index contributed by atoms with van der Waals surface area (Å²) in [6, 6.07) is 2.26. The lowest BCUT2D eigenvalue weighted by Gasteiger charge is -2.03. The first kappa shape index (κ1) is 10.4. The minimum atomic E-state index is 0.512. The Balaban J connectivity index is 2.07. The summed E-state index contributed by atoms with van der Waals surface area (Å²) in [5, 5.41) is 9.94. The number of rotatable bonds is 1. The zero-order valence-electron chi connectivity index (χ0n) is 9.27. The molecule has 3 nitrogen and oxygen atoms in total. The zero-order chi connectivity index (χ0) is 11.3. The van der Waals surface area contributed by atoms with Crippen LogP contribution in [0.4, 0.5) is 0 Å². The first-order valence-corrected chi connectivity index (χ1v) is 6.67. The second-order valence-electron chi connectivity index (χ2n) is 4.22. The van der Waals surface area contributed by atoms with Crippen LogP contribution in [0.2, 0.25) is 0 Å². The lowest BCUT2D eigenvalue weighted by Crippen LogP contribution is -1.98. The number of nitrogens with zero attached hydrogens (tertiary/aromatic N) is 3. The Morgan fingerprint density at radius 2 is 2.00 bits per heavy atom. The molecule has 84 valence electrons. The van der Waals surface area contributed by atoms with Crippen LogP contribution in [0, 0.1) is 13.8 Å². The number of thiol groups is 1. The van der Waals surface area contributed by atoms with Crippen LogP contribution in [-0.4, -0.2) is 20.0 Å². The van der Waals surface area contributed by atoms with Gasteiger partial charge in [0.05, 0.1) is 0 Å². The van der Waals surface area contributed by atoms with Gasteiger partial charge in [-0.25, -0.2) is 0 Å². The predicted molar refractivity (Wildman–Crippen MR) is 68.9 cm³/mol. The fourth-order valence-electron chi connectivity index (χ4n) is 2.23. The summed E-state index contributed by atoms with van der Waals surface area (Å²) in [5.41, 5.74) is 1.45. The van der Waals surface area contributed by atoms with Crippen LogP contribution in [0.15, 0.2) is 6.07 Å². The van der Waals surface area contributed by atoms with Gasteiger partial charge in [0.2, 0.25) is 0 Å². The highest BCUT2D eigenvalue weighted by molar-refractivity contribution is 7.81. The second kappa shape index (κ2) is 3.60. The molecule has 0 fully saturated rings. The van der Waals surface area contributed by atoms with Crippen LogP contribution >= 0.6 is 24.0 Å². The third-order valence-electron chi connectivity index (χ3n) is 2.97. The fraction of sp³-hybridized carbons (Fsp3) is 0.455. The quantitative estimate of drug-likeness (QED) is 0.789. The highest BCUT2D eigenvalue weighted by Crippen LogP contribution is 2.35. The molecule has 2 heterocycles. The van der Waals surface area contributed by atoms with E-state index < -0.39 is 0 Å². The number of thiophene rings is 1. The topological polar surface area (TPSA) is 30.7 Å². The van der Waals surface area contributed by atoms with Crippen LogP contribution < -0.4 is 0 Å². The highest BCUT2D eigenvalue weighted by Gasteiger charge is 2.22. The summed E-state index contributed by atoms with van der Waals surface area (Å²) >= 11 is 6.37. The van der Waals surface area contributed by atoms with E-state index in [-0.39, 0.29) is 0 Å². The summed E-state index contributed by atoms with van der Waals surface area (Å²) in [5.74, 6) is 1.92. The molecule has 0 amide bonds. The molecule has 16 heavy (non-hydrogen) atoms. The molecular weight excluding hydrogens is 238 g/mol. The molecule has 0 unspecified atom stereocenters. The third kappa shape index (κ3) is 1.50. The van der Waals surface area contributed by atoms with Gasteiger partial charge < -0.3 is 0 Å². The van der Waals surface area contributed by atoms with Crippen molar-refractivity contribution in [2.45, 2.75) is 31.9 Å². The summed E-state index contributed by atoms with van der Waals surface area (Å²) in [6.45, 7) is 3.98. The summed E-state index contributed by atoms with van der Waals surface area (Å²) in [7, 11) is 0. The maximum atomic E-state index is 4.53. The maximum Gasteiger partial charge on any atom is 0.135 e. The molecular formula is C11H13N3S2. The Hall–Kier alpha value is -0.810. The maximum absolute atomic E-state index is 4.53. The molecule has 0 spiro atoms. The molecule has 0 saturated carbocycles. The summed E-state index contributed by atoms with van der Waals surface area (Å²) < 4.78 is 2.12. The molecule has 2 aromatic heterocycles. The Kier molecular flexibility index (Phi) is 2.33. The molecule has 2 aromatic rings. The minimum Gasteiger partial charge on any atom is -0.274 e. The van der Waals surface area contributed by atoms with Crippen molar-refractivity contribution in [1.29, 1.82) is 0 Å². The molecule has 1 atom stereocenters. The number of aromatic nitrogens is 3. The van der Waals surface area contributed by atoms with E-state index in [9.17, 15) is 0 Å². The molecule has 0 aliphatic heterocycles. The number of hydrogen-bond donors (Lipinski definition) is 1. The van der Waals surface area contributed by atoms with Crippen molar-refractivity contribution >= 4 is 24.0 Å². The molecule has 1 aliphatic carbocycles. The first-order valence-electron chi connectivity index (χ1n) is 5.34. The van der Waals surface area contributed by atoms with Gasteiger partial charge in [-0.3, -0.25) is 4.57 Å². The molecule has 3 rings (SSSR count). The average molecular weight is 251 g/mol. The van der Waals surface area contributed by atoms with Gasteiger partial charge in [0.15, 0.2) is 0 Å². The minimum absolute atomic E-state index is 0.512. The molecule has 0 aromatic carbocycles. The van der Waals surface area contributed by atoms with E-state index in [2.05, 4.69) is 33.5 Å². The van der Waals surface area contributed by atoms with Crippen LogP contribution in [-0.2, 0) is 12.8 Å². The fourth-order valence-corrected chi connectivity index (χ4v) is 4.10. The van der Waals surface area contributed by atoms with Gasteiger partial charge in [0.1, 0.15) is 16.6 Å². The van der Waals surface area contributed by atoms with Gasteiger partial charge in [-0.1, -0.05) is 0 Å². The van der Waals surface area contributed by atoms with E-state index in [1.54, 1.807) is 0 Å². The molecule has 5 heteroatoms. The molecule has 1 aliphatic rings. The Morgan fingerprint density at radius 1 is 1.31 bits per heavy atom. The summed E-state index contributed by atoms with van der Waals surface area (Å²) in [6.07, 6.45) is 2.19. The monoisotopic (exact) mass is 251 g/mol. The lowest BCUT2D eigenvalue weighted by molar-refractivity contribution is 0.933. The van der Waals surface area contributed by atoms with E-state index in [0.29, 0.717) is 5.25 Å². The second-order valence-corrected chi connectivity index (χ2v) is 6.07. The van der Waals surface area contributed by atoms with E-state index >= 15 is 0 Å². The Labute approximate surface area is 104 Å². The molecule has 0 radical (unpaired) electrons. The van der Waals surface area contributed by atoms with Crippen LogP contribution in [0.25, 0.3) is 5.00 Å². The van der Waals surface area contributed by atoms with Crippen molar-refractivity contribution < 1.29 is 0 Å². The van der Waals surface area contributed by atoms with Gasteiger partial charge in [-0.2, -0.15) is 12.6 Å². The third-order valence-corrected chi connectivity index (χ3v) is 4.52. The normalized spacial score (nSPS) is 19.1. The van der Waals surface area contributed by atoms with Crippen molar-refractivity contribution in [3.8, 4) is 5.00 Å². The van der Waals surface area contributed by atoms with Crippen LogP contribution in [0.3, 0.4) is 0 Å². The standard InChI is InChI=1S/C11H13N3S2/c1-6-12-13-7(2)14(6)11-4-8-3-9(15)5-10(8)16-11/h4,9,15H,3,5H2,1-2H3/t9-/m0/s1. The molecule has 0 saturated heterocycles. The Bertz CT molecular complexity index is 498. The van der Waals surface area contributed by atoms with Gasteiger partial charge in [-0.15, -0.1) is 21.5 Å². The van der Waals surface area contributed by atoms with E-state index in [1.165, 1.54) is 15.4 Å². The molecule has 0 N–H and O–H groups in total. The van der Waals surface area contributed by atoms with Gasteiger partial charge in [-0.05, 0) is 38.3 Å². The van der Waals surface area contributed by atoms with Crippen LogP contribution in [0.1, 0.15) is 22.1 Å². The van der Waals surface area contributed by atoms with Gasteiger partial charge >= 0.3 is 0 Å². The van der Waals surface area contributed by atoms with E-state index in [4.69, 9.17) is 0 Å². The zero-order valence-corrected chi connectivity index (χ0v) is 11.0. The number of hydrogen-bond acceptors (Lipinski definition) is 4. The van der Waals surface area contributed by atoms with Crippen molar-refractivity contribution in [1.82, 2.24) is 14.8 Å². The predicted octanol–water partition coefficient (Wildman–Crippen LogP) is 2.34. The smallest absolute Gasteiger partial charge is 0.135 e. The van der Waals surface area contributed by atoms with E-state index in [1.807, 2.05) is 25.2 Å². The van der Waals surface area contributed by atoms with Gasteiger partial charge in [0, 0.05) is 10.1 Å². The Morgan fingerprint density at radius 3 is 2.62 bits per heavy atom. The first-order chi connectivity index (χ1) is 7.65. The van der Waals surface area contributed by atoms with Gasteiger partial charge in [0.25, 0.3) is 0 Å².